The van der Waals surface area contributed by atoms with Gasteiger partial charge in [0, 0.05) is 0 Å². The zero-order valence-electron chi connectivity index (χ0n) is 7.65. The highest BCUT2D eigenvalue weighted by molar-refractivity contribution is 4.70. The van der Waals surface area contributed by atoms with E-state index in [0.717, 1.165) is 19.3 Å². The van der Waals surface area contributed by atoms with Gasteiger partial charge in [0.05, 0.1) is 5.60 Å². The molecule has 0 heterocycles. The van der Waals surface area contributed by atoms with Gasteiger partial charge in [0.1, 0.15) is 0 Å². The van der Waals surface area contributed by atoms with Crippen molar-refractivity contribution >= 4 is 0 Å². The smallest absolute Gasteiger partial charge is 0.0617 e. The zero-order valence-corrected chi connectivity index (χ0v) is 7.65. The molecule has 0 saturated heterocycles. The van der Waals surface area contributed by atoms with Crippen molar-refractivity contribution in [3.8, 4) is 0 Å². The average molecular weight is 144 g/mol. The van der Waals surface area contributed by atoms with Gasteiger partial charge >= 0.3 is 0 Å². The molecule has 0 aliphatic heterocycles. The molecule has 10 heavy (non-hydrogen) atoms. The minimum absolute atomic E-state index is 0.426. The Balaban J connectivity index is 3.46. The van der Waals surface area contributed by atoms with Crippen molar-refractivity contribution in [2.45, 2.75) is 52.6 Å². The Labute approximate surface area is 64.5 Å². The van der Waals surface area contributed by atoms with E-state index in [-0.39, 0.29) is 0 Å². The number of hydrogen-bond donors (Lipinski definition) is 1. The van der Waals surface area contributed by atoms with E-state index < -0.39 is 5.60 Å². The van der Waals surface area contributed by atoms with Crippen LogP contribution in [0.4, 0.5) is 0 Å². The van der Waals surface area contributed by atoms with Gasteiger partial charge in [-0.3, -0.25) is 0 Å². The van der Waals surface area contributed by atoms with Crippen LogP contribution in [0, 0.1) is 5.92 Å². The SMILES string of the molecule is CC[C@@](C)(O)CCC(C)C. The number of aliphatic hydroxyl groups is 1. The van der Waals surface area contributed by atoms with Crippen molar-refractivity contribution in [2.24, 2.45) is 5.92 Å². The first-order valence-electron chi connectivity index (χ1n) is 4.20. The molecule has 0 aromatic rings. The lowest BCUT2D eigenvalue weighted by Crippen LogP contribution is -2.22. The fraction of sp³-hybridized carbons (Fsp3) is 1.00. The van der Waals surface area contributed by atoms with E-state index in [0.29, 0.717) is 5.92 Å². The van der Waals surface area contributed by atoms with E-state index in [1.54, 1.807) is 0 Å². The van der Waals surface area contributed by atoms with E-state index in [9.17, 15) is 5.11 Å². The van der Waals surface area contributed by atoms with Crippen LogP contribution in [0.5, 0.6) is 0 Å². The van der Waals surface area contributed by atoms with Gasteiger partial charge in [-0.25, -0.2) is 0 Å². The molecule has 0 unspecified atom stereocenters. The second-order valence-electron chi connectivity index (χ2n) is 3.78. The molecule has 1 atom stereocenters. The van der Waals surface area contributed by atoms with Crippen molar-refractivity contribution in [3.63, 3.8) is 0 Å². The molecule has 0 saturated carbocycles. The van der Waals surface area contributed by atoms with E-state index in [4.69, 9.17) is 0 Å². The fourth-order valence-electron chi connectivity index (χ4n) is 0.776. The normalized spacial score (nSPS) is 17.4. The molecule has 0 spiro atoms. The summed E-state index contributed by atoms with van der Waals surface area (Å²) in [6.45, 7) is 8.31. The third kappa shape index (κ3) is 4.80. The lowest BCUT2D eigenvalue weighted by atomic mass is 9.93. The highest BCUT2D eigenvalue weighted by atomic mass is 16.3. The van der Waals surface area contributed by atoms with Crippen molar-refractivity contribution in [1.82, 2.24) is 0 Å². The Hall–Kier alpha value is -0.0400. The van der Waals surface area contributed by atoms with Crippen molar-refractivity contribution in [2.75, 3.05) is 0 Å². The summed E-state index contributed by atoms with van der Waals surface area (Å²) in [6, 6.07) is 0. The van der Waals surface area contributed by atoms with E-state index in [1.807, 2.05) is 13.8 Å². The highest BCUT2D eigenvalue weighted by Crippen LogP contribution is 2.18. The summed E-state index contributed by atoms with van der Waals surface area (Å²) in [5.74, 6) is 0.707. The molecule has 0 aliphatic carbocycles. The summed E-state index contributed by atoms with van der Waals surface area (Å²) in [5.41, 5.74) is -0.426. The molecular formula is C9H20O. The molecular weight excluding hydrogens is 124 g/mol. The Morgan fingerprint density at radius 2 is 1.90 bits per heavy atom. The fourth-order valence-corrected chi connectivity index (χ4v) is 0.776. The molecule has 1 heteroatoms. The summed E-state index contributed by atoms with van der Waals surface area (Å²) >= 11 is 0. The van der Waals surface area contributed by atoms with Crippen LogP contribution in [0.3, 0.4) is 0 Å². The first kappa shape index (κ1) is 9.96. The minimum Gasteiger partial charge on any atom is -0.390 e. The van der Waals surface area contributed by atoms with Crippen molar-refractivity contribution in [1.29, 1.82) is 0 Å². The first-order chi connectivity index (χ1) is 4.48. The third-order valence-corrected chi connectivity index (χ3v) is 2.02. The van der Waals surface area contributed by atoms with Gasteiger partial charge in [-0.15, -0.1) is 0 Å². The molecule has 62 valence electrons. The second-order valence-corrected chi connectivity index (χ2v) is 3.78. The monoisotopic (exact) mass is 144 g/mol. The predicted molar refractivity (Wildman–Crippen MR) is 45.0 cm³/mol. The Kier molecular flexibility index (Phi) is 3.95. The van der Waals surface area contributed by atoms with E-state index >= 15 is 0 Å². The van der Waals surface area contributed by atoms with Crippen LogP contribution in [0.25, 0.3) is 0 Å². The number of hydrogen-bond acceptors (Lipinski definition) is 1. The van der Waals surface area contributed by atoms with Gasteiger partial charge in [-0.1, -0.05) is 20.8 Å². The highest BCUT2D eigenvalue weighted by Gasteiger charge is 2.16. The molecule has 0 fully saturated rings. The van der Waals surface area contributed by atoms with Gasteiger partial charge in [0.2, 0.25) is 0 Å². The molecule has 1 nitrogen and oxygen atoms in total. The quantitative estimate of drug-likeness (QED) is 0.643. The molecule has 0 aromatic heterocycles. The zero-order chi connectivity index (χ0) is 8.20. The minimum atomic E-state index is -0.426. The number of rotatable bonds is 4. The Morgan fingerprint density at radius 1 is 1.40 bits per heavy atom. The lowest BCUT2D eigenvalue weighted by molar-refractivity contribution is 0.0416. The maximum atomic E-state index is 9.57. The first-order valence-corrected chi connectivity index (χ1v) is 4.20. The lowest BCUT2D eigenvalue weighted by Gasteiger charge is -2.21. The second kappa shape index (κ2) is 3.97. The molecule has 0 aliphatic rings. The van der Waals surface area contributed by atoms with E-state index in [2.05, 4.69) is 13.8 Å². The topological polar surface area (TPSA) is 20.2 Å². The third-order valence-electron chi connectivity index (χ3n) is 2.02. The van der Waals surface area contributed by atoms with Crippen molar-refractivity contribution in [3.05, 3.63) is 0 Å². The maximum Gasteiger partial charge on any atom is 0.0617 e. The summed E-state index contributed by atoms with van der Waals surface area (Å²) in [7, 11) is 0. The molecule has 0 bridgehead atoms. The van der Waals surface area contributed by atoms with Crippen LogP contribution in [-0.2, 0) is 0 Å². The van der Waals surface area contributed by atoms with E-state index in [1.165, 1.54) is 0 Å². The molecule has 0 aromatic carbocycles. The summed E-state index contributed by atoms with van der Waals surface area (Å²) in [6.07, 6.45) is 2.92. The van der Waals surface area contributed by atoms with Crippen LogP contribution in [-0.4, -0.2) is 10.7 Å². The molecule has 1 N–H and O–H groups in total. The van der Waals surface area contributed by atoms with Crippen molar-refractivity contribution < 1.29 is 5.11 Å². The van der Waals surface area contributed by atoms with Crippen LogP contribution in [0.15, 0.2) is 0 Å². The molecule has 0 amide bonds. The average Bonchev–Trinajstić information content (AvgIpc) is 1.85. The summed E-state index contributed by atoms with van der Waals surface area (Å²) in [4.78, 5) is 0. The van der Waals surface area contributed by atoms with Gasteiger partial charge in [0.25, 0.3) is 0 Å². The summed E-state index contributed by atoms with van der Waals surface area (Å²) < 4.78 is 0. The Bertz CT molecular complexity index is 84.7. The van der Waals surface area contributed by atoms with Crippen LogP contribution >= 0.6 is 0 Å². The predicted octanol–water partition coefficient (Wildman–Crippen LogP) is 2.58. The summed E-state index contributed by atoms with van der Waals surface area (Å²) in [5, 5.41) is 9.57. The van der Waals surface area contributed by atoms with Gasteiger partial charge in [-0.2, -0.15) is 0 Å². The standard InChI is InChI=1S/C9H20O/c1-5-9(4,10)7-6-8(2)3/h8,10H,5-7H2,1-4H3/t9-/m1/s1. The van der Waals surface area contributed by atoms with Gasteiger partial charge in [0.15, 0.2) is 0 Å². The van der Waals surface area contributed by atoms with Crippen LogP contribution in [0.2, 0.25) is 0 Å². The Morgan fingerprint density at radius 3 is 2.20 bits per heavy atom. The van der Waals surface area contributed by atoms with Gasteiger partial charge < -0.3 is 5.11 Å². The van der Waals surface area contributed by atoms with Gasteiger partial charge in [-0.05, 0) is 32.1 Å². The van der Waals surface area contributed by atoms with Crippen LogP contribution in [0.1, 0.15) is 47.0 Å². The van der Waals surface area contributed by atoms with Crippen LogP contribution < -0.4 is 0 Å². The maximum absolute atomic E-state index is 9.57. The largest absolute Gasteiger partial charge is 0.390 e. The molecule has 0 rings (SSSR count). The molecule has 0 radical (unpaired) electrons.